The molecule has 2 aromatic heterocycles. The van der Waals surface area contributed by atoms with Crippen molar-refractivity contribution in [1.29, 1.82) is 0 Å². The zero-order valence-corrected chi connectivity index (χ0v) is 21.1. The molecule has 35 heavy (non-hydrogen) atoms. The summed E-state index contributed by atoms with van der Waals surface area (Å²) in [6.07, 6.45) is 0. The first-order chi connectivity index (χ1) is 16.7. The number of furan rings is 1. The molecule has 4 aromatic rings. The molecule has 7 heteroatoms. The number of thiazole rings is 1. The van der Waals surface area contributed by atoms with Gasteiger partial charge >= 0.3 is 0 Å². The van der Waals surface area contributed by atoms with E-state index in [1.807, 2.05) is 50.2 Å². The van der Waals surface area contributed by atoms with Crippen LogP contribution in [0.15, 0.2) is 52.9 Å². The summed E-state index contributed by atoms with van der Waals surface area (Å²) in [7, 11) is 0. The number of aryl methyl sites for hydroxylation is 3. The van der Waals surface area contributed by atoms with Gasteiger partial charge in [-0.05, 0) is 67.1 Å². The fourth-order valence-corrected chi connectivity index (χ4v) is 5.92. The van der Waals surface area contributed by atoms with Crippen LogP contribution in [0.25, 0.3) is 10.2 Å². The van der Waals surface area contributed by atoms with Gasteiger partial charge in [0.1, 0.15) is 11.7 Å². The van der Waals surface area contributed by atoms with Crippen LogP contribution in [0.2, 0.25) is 0 Å². The van der Waals surface area contributed by atoms with Crippen molar-refractivity contribution in [3.63, 3.8) is 0 Å². The van der Waals surface area contributed by atoms with Crippen molar-refractivity contribution in [1.82, 2.24) is 4.98 Å². The molecule has 0 aliphatic carbocycles. The number of benzene rings is 2. The van der Waals surface area contributed by atoms with E-state index in [0.29, 0.717) is 22.4 Å². The van der Waals surface area contributed by atoms with Crippen molar-refractivity contribution >= 4 is 44.2 Å². The lowest BCUT2D eigenvalue weighted by atomic mass is 9.87. The van der Waals surface area contributed by atoms with Crippen molar-refractivity contribution in [2.45, 2.75) is 46.6 Å². The number of aromatic nitrogens is 1. The van der Waals surface area contributed by atoms with Gasteiger partial charge in [-0.2, -0.15) is 0 Å². The Hall–Kier alpha value is -3.58. The fourth-order valence-electron chi connectivity index (χ4n) is 4.74. The SMILES string of the molecule is Cc1cc(C)c2nc(N3C(=O)C(=O)C(C(=O)c4ccc(C)o4)C3c3ccc(C(C)C)cc3)sc2c1. The van der Waals surface area contributed by atoms with Crippen LogP contribution in [-0.4, -0.2) is 22.5 Å². The summed E-state index contributed by atoms with van der Waals surface area (Å²) in [6, 6.07) is 14.2. The third kappa shape index (κ3) is 3.90. The van der Waals surface area contributed by atoms with E-state index in [4.69, 9.17) is 9.40 Å². The molecular formula is C28H26N2O4S. The van der Waals surface area contributed by atoms with Gasteiger partial charge in [-0.3, -0.25) is 19.3 Å². The molecule has 1 aliphatic rings. The van der Waals surface area contributed by atoms with Crippen LogP contribution in [0.3, 0.4) is 0 Å². The van der Waals surface area contributed by atoms with E-state index < -0.39 is 29.4 Å². The summed E-state index contributed by atoms with van der Waals surface area (Å²) >= 11 is 1.36. The lowest BCUT2D eigenvalue weighted by molar-refractivity contribution is -0.135. The van der Waals surface area contributed by atoms with Crippen LogP contribution in [0.1, 0.15) is 64.4 Å². The molecule has 1 fully saturated rings. The van der Waals surface area contributed by atoms with Gasteiger partial charge in [-0.1, -0.05) is 55.5 Å². The number of Topliss-reactive ketones (excluding diaryl/α,β-unsaturated/α-hetero) is 2. The topological polar surface area (TPSA) is 80.5 Å². The summed E-state index contributed by atoms with van der Waals surface area (Å²) in [5.41, 5.74) is 4.73. The summed E-state index contributed by atoms with van der Waals surface area (Å²) < 4.78 is 6.48. The van der Waals surface area contributed by atoms with Gasteiger partial charge in [0.05, 0.1) is 16.3 Å². The van der Waals surface area contributed by atoms with Crippen molar-refractivity contribution in [2.24, 2.45) is 5.92 Å². The second kappa shape index (κ2) is 8.57. The monoisotopic (exact) mass is 486 g/mol. The summed E-state index contributed by atoms with van der Waals surface area (Å²) in [5, 5.41) is 0.413. The Labute approximate surface area is 207 Å². The molecule has 2 unspecified atom stereocenters. The minimum atomic E-state index is -1.22. The minimum Gasteiger partial charge on any atom is -0.458 e. The molecular weight excluding hydrogens is 460 g/mol. The molecule has 1 aliphatic heterocycles. The Morgan fingerprint density at radius 1 is 1.03 bits per heavy atom. The van der Waals surface area contributed by atoms with E-state index in [1.165, 1.54) is 16.2 Å². The maximum absolute atomic E-state index is 13.5. The number of carbonyl (C=O) groups excluding carboxylic acids is 3. The first kappa shape index (κ1) is 23.2. The third-order valence-corrected chi connectivity index (χ3v) is 7.54. The van der Waals surface area contributed by atoms with Gasteiger partial charge in [0.15, 0.2) is 10.9 Å². The average molecular weight is 487 g/mol. The number of hydrogen-bond acceptors (Lipinski definition) is 6. The Morgan fingerprint density at radius 2 is 1.74 bits per heavy atom. The number of fused-ring (bicyclic) bond motifs is 1. The maximum Gasteiger partial charge on any atom is 0.297 e. The Balaban J connectivity index is 1.67. The molecule has 0 saturated carbocycles. The molecule has 2 atom stereocenters. The quantitative estimate of drug-likeness (QED) is 0.194. The standard InChI is InChI=1S/C28H26N2O4S/c1-14(2)18-7-9-19(10-8-18)24-22(25(31)20-11-6-17(5)34-20)26(32)27(33)30(24)28-29-23-16(4)12-15(3)13-21(23)35-28/h6-14,22,24H,1-5H3. The third-order valence-electron chi connectivity index (χ3n) is 6.54. The second-order valence-electron chi connectivity index (χ2n) is 9.48. The first-order valence-corrected chi connectivity index (χ1v) is 12.4. The van der Waals surface area contributed by atoms with Crippen LogP contribution in [-0.2, 0) is 9.59 Å². The average Bonchev–Trinajstić information content (AvgIpc) is 3.50. The molecule has 0 spiro atoms. The number of rotatable bonds is 5. The summed E-state index contributed by atoms with van der Waals surface area (Å²) in [6.45, 7) is 9.92. The minimum absolute atomic E-state index is 0.0788. The van der Waals surface area contributed by atoms with Gasteiger partial charge in [-0.25, -0.2) is 4.98 Å². The van der Waals surface area contributed by atoms with E-state index in [2.05, 4.69) is 13.8 Å². The van der Waals surface area contributed by atoms with Gasteiger partial charge in [0.2, 0.25) is 11.6 Å². The van der Waals surface area contributed by atoms with E-state index in [1.54, 1.807) is 19.1 Å². The molecule has 5 rings (SSSR count). The van der Waals surface area contributed by atoms with E-state index in [-0.39, 0.29) is 5.76 Å². The van der Waals surface area contributed by atoms with Crippen molar-refractivity contribution in [3.8, 4) is 0 Å². The maximum atomic E-state index is 13.5. The smallest absolute Gasteiger partial charge is 0.297 e. The summed E-state index contributed by atoms with van der Waals surface area (Å²) in [4.78, 5) is 46.4. The number of carbonyl (C=O) groups is 3. The van der Waals surface area contributed by atoms with Crippen LogP contribution >= 0.6 is 11.3 Å². The van der Waals surface area contributed by atoms with Crippen molar-refractivity contribution in [2.75, 3.05) is 4.90 Å². The molecule has 0 radical (unpaired) electrons. The highest BCUT2D eigenvalue weighted by Gasteiger charge is 2.54. The van der Waals surface area contributed by atoms with Crippen LogP contribution < -0.4 is 4.90 Å². The van der Waals surface area contributed by atoms with Crippen molar-refractivity contribution < 1.29 is 18.8 Å². The number of hydrogen-bond donors (Lipinski definition) is 0. The van der Waals surface area contributed by atoms with Crippen LogP contribution in [0.4, 0.5) is 5.13 Å². The normalized spacial score (nSPS) is 18.3. The van der Waals surface area contributed by atoms with Crippen molar-refractivity contribution in [3.05, 3.63) is 82.3 Å². The predicted molar refractivity (Wildman–Crippen MR) is 136 cm³/mol. The Morgan fingerprint density at radius 3 is 2.37 bits per heavy atom. The molecule has 2 aromatic carbocycles. The van der Waals surface area contributed by atoms with E-state index in [9.17, 15) is 14.4 Å². The highest BCUT2D eigenvalue weighted by atomic mass is 32.1. The number of anilines is 1. The Kier molecular flexibility index (Phi) is 5.68. The molecule has 1 saturated heterocycles. The zero-order chi connectivity index (χ0) is 25.0. The molecule has 3 heterocycles. The molecule has 6 nitrogen and oxygen atoms in total. The zero-order valence-electron chi connectivity index (χ0n) is 20.3. The number of amides is 1. The van der Waals surface area contributed by atoms with E-state index in [0.717, 1.165) is 26.9 Å². The molecule has 1 amide bonds. The molecule has 178 valence electrons. The van der Waals surface area contributed by atoms with Gasteiger partial charge < -0.3 is 4.42 Å². The highest BCUT2D eigenvalue weighted by Crippen LogP contribution is 2.44. The van der Waals surface area contributed by atoms with Gasteiger partial charge in [-0.15, -0.1) is 0 Å². The van der Waals surface area contributed by atoms with Crippen LogP contribution in [0, 0.1) is 26.7 Å². The highest BCUT2D eigenvalue weighted by molar-refractivity contribution is 7.22. The number of ketones is 2. The Bertz CT molecular complexity index is 1480. The number of nitrogens with zero attached hydrogens (tertiary/aromatic N) is 2. The van der Waals surface area contributed by atoms with Gasteiger partial charge in [0.25, 0.3) is 5.91 Å². The van der Waals surface area contributed by atoms with Crippen LogP contribution in [0.5, 0.6) is 0 Å². The largest absolute Gasteiger partial charge is 0.458 e. The van der Waals surface area contributed by atoms with Gasteiger partial charge in [0, 0.05) is 0 Å². The predicted octanol–water partition coefficient (Wildman–Crippen LogP) is 6.09. The summed E-state index contributed by atoms with van der Waals surface area (Å²) in [5.74, 6) is -2.21. The first-order valence-electron chi connectivity index (χ1n) is 11.6. The fraction of sp³-hybridized carbons (Fsp3) is 0.286. The lowest BCUT2D eigenvalue weighted by Crippen LogP contribution is -2.30. The second-order valence-corrected chi connectivity index (χ2v) is 10.5. The molecule has 0 N–H and O–H groups in total. The van der Waals surface area contributed by atoms with E-state index >= 15 is 0 Å². The molecule has 0 bridgehead atoms. The lowest BCUT2D eigenvalue weighted by Gasteiger charge is -2.25.